The van der Waals surface area contributed by atoms with E-state index in [1.165, 1.54) is 6.07 Å². The van der Waals surface area contributed by atoms with E-state index in [4.69, 9.17) is 10.00 Å². The topological polar surface area (TPSA) is 65.9 Å². The Morgan fingerprint density at radius 2 is 1.89 bits per heavy atom. The van der Waals surface area contributed by atoms with Gasteiger partial charge in [-0.15, -0.1) is 0 Å². The van der Waals surface area contributed by atoms with Gasteiger partial charge in [0.15, 0.2) is 0 Å². The van der Waals surface area contributed by atoms with Crippen molar-refractivity contribution in [2.24, 2.45) is 0 Å². The van der Waals surface area contributed by atoms with Crippen LogP contribution in [0.25, 0.3) is 11.3 Å². The molecule has 2 aromatic rings. The van der Waals surface area contributed by atoms with Gasteiger partial charge in [0.05, 0.1) is 12.8 Å². The van der Waals surface area contributed by atoms with Gasteiger partial charge in [0, 0.05) is 5.56 Å². The molecule has 96 valence electrons. The number of benzene rings is 1. The highest BCUT2D eigenvalue weighted by molar-refractivity contribution is 5.69. The van der Waals surface area contributed by atoms with E-state index >= 15 is 0 Å². The van der Waals surface area contributed by atoms with Gasteiger partial charge in [0.1, 0.15) is 17.4 Å². The van der Waals surface area contributed by atoms with Crippen LogP contribution >= 0.6 is 0 Å². The Morgan fingerprint density at radius 3 is 2.47 bits per heavy atom. The minimum atomic E-state index is -0.389. The molecule has 0 bridgehead atoms. The second kappa shape index (κ2) is 4.99. The molecule has 1 heterocycles. The molecular weight excluding hydrogens is 240 g/mol. The highest BCUT2D eigenvalue weighted by atomic mass is 16.5. The summed E-state index contributed by atoms with van der Waals surface area (Å²) in [6.07, 6.45) is 0. The van der Waals surface area contributed by atoms with Crippen LogP contribution in [-0.4, -0.2) is 12.1 Å². The Bertz CT molecular complexity index is 724. The molecule has 0 amide bonds. The minimum absolute atomic E-state index is 0.103. The molecule has 2 rings (SSSR count). The molecule has 19 heavy (non-hydrogen) atoms. The third kappa shape index (κ3) is 2.36. The average molecular weight is 254 g/mol. The first kappa shape index (κ1) is 12.9. The van der Waals surface area contributed by atoms with Crippen molar-refractivity contribution in [3.63, 3.8) is 0 Å². The molecule has 1 aromatic heterocycles. The highest BCUT2D eigenvalue weighted by Gasteiger charge is 2.10. The van der Waals surface area contributed by atoms with Gasteiger partial charge in [0.2, 0.25) is 0 Å². The summed E-state index contributed by atoms with van der Waals surface area (Å²) in [6.45, 7) is 4.00. The number of nitrogens with one attached hydrogen (secondary N) is 1. The van der Waals surface area contributed by atoms with E-state index in [0.717, 1.165) is 16.7 Å². The molecule has 1 N–H and O–H groups in total. The zero-order valence-electron chi connectivity index (χ0n) is 11.1. The number of methoxy groups -OCH3 is 1. The fourth-order valence-electron chi connectivity index (χ4n) is 1.89. The molecule has 1 aromatic carbocycles. The van der Waals surface area contributed by atoms with Crippen molar-refractivity contribution in [1.29, 1.82) is 5.26 Å². The van der Waals surface area contributed by atoms with Gasteiger partial charge in [0.25, 0.3) is 5.56 Å². The monoisotopic (exact) mass is 254 g/mol. The Hall–Kier alpha value is -2.54. The highest BCUT2D eigenvalue weighted by Crippen LogP contribution is 2.30. The maximum atomic E-state index is 11.7. The number of hydrogen-bond acceptors (Lipinski definition) is 3. The summed E-state index contributed by atoms with van der Waals surface area (Å²) < 4.78 is 5.34. The van der Waals surface area contributed by atoms with Crippen molar-refractivity contribution in [2.45, 2.75) is 13.8 Å². The summed E-state index contributed by atoms with van der Waals surface area (Å²) in [5.41, 5.74) is 3.40. The van der Waals surface area contributed by atoms with Gasteiger partial charge in [-0.1, -0.05) is 0 Å². The third-order valence-corrected chi connectivity index (χ3v) is 3.14. The van der Waals surface area contributed by atoms with E-state index in [1.54, 1.807) is 13.2 Å². The number of ether oxygens (including phenoxy) is 1. The van der Waals surface area contributed by atoms with Crippen molar-refractivity contribution < 1.29 is 4.74 Å². The van der Waals surface area contributed by atoms with Crippen molar-refractivity contribution in [1.82, 2.24) is 4.98 Å². The molecule has 0 aliphatic rings. The molecule has 0 aliphatic heterocycles. The number of aromatic amines is 1. The summed E-state index contributed by atoms with van der Waals surface area (Å²) in [7, 11) is 1.59. The minimum Gasteiger partial charge on any atom is -0.496 e. The van der Waals surface area contributed by atoms with Crippen LogP contribution < -0.4 is 10.3 Å². The number of nitrogens with zero attached hydrogens (tertiary/aromatic N) is 1. The van der Waals surface area contributed by atoms with E-state index in [9.17, 15) is 4.79 Å². The van der Waals surface area contributed by atoms with Gasteiger partial charge in [-0.25, -0.2) is 0 Å². The second-order valence-electron chi connectivity index (χ2n) is 4.36. The number of hydrogen-bond donors (Lipinski definition) is 1. The summed E-state index contributed by atoms with van der Waals surface area (Å²) in [5.74, 6) is 0.698. The number of pyridine rings is 1. The van der Waals surface area contributed by atoms with Crippen LogP contribution in [0, 0.1) is 25.2 Å². The summed E-state index contributed by atoms with van der Waals surface area (Å²) >= 11 is 0. The fourth-order valence-corrected chi connectivity index (χ4v) is 1.89. The zero-order chi connectivity index (χ0) is 14.0. The zero-order valence-corrected chi connectivity index (χ0v) is 11.1. The van der Waals surface area contributed by atoms with Gasteiger partial charge in [-0.2, -0.15) is 5.26 Å². The molecule has 0 fully saturated rings. The summed E-state index contributed by atoms with van der Waals surface area (Å²) in [6, 6.07) is 8.98. The van der Waals surface area contributed by atoms with Crippen molar-refractivity contribution in [3.8, 4) is 23.1 Å². The predicted molar refractivity (Wildman–Crippen MR) is 73.2 cm³/mol. The number of H-pyrrole nitrogens is 1. The lowest BCUT2D eigenvalue weighted by Crippen LogP contribution is -2.10. The Kier molecular flexibility index (Phi) is 3.39. The molecule has 0 aliphatic carbocycles. The molecule has 4 heteroatoms. The van der Waals surface area contributed by atoms with E-state index in [2.05, 4.69) is 4.98 Å². The molecule has 0 spiro atoms. The number of nitriles is 1. The van der Waals surface area contributed by atoms with Crippen LogP contribution in [0.2, 0.25) is 0 Å². The number of aryl methyl sites for hydroxylation is 2. The molecular formula is C15H14N2O2. The van der Waals surface area contributed by atoms with Gasteiger partial charge >= 0.3 is 0 Å². The lowest BCUT2D eigenvalue weighted by molar-refractivity contribution is 0.416. The molecule has 0 atom stereocenters. The van der Waals surface area contributed by atoms with Crippen molar-refractivity contribution in [2.75, 3.05) is 7.11 Å². The third-order valence-electron chi connectivity index (χ3n) is 3.14. The van der Waals surface area contributed by atoms with E-state index in [-0.39, 0.29) is 11.1 Å². The summed E-state index contributed by atoms with van der Waals surface area (Å²) in [5, 5.41) is 8.77. The molecule has 0 radical (unpaired) electrons. The van der Waals surface area contributed by atoms with Gasteiger partial charge in [-0.3, -0.25) is 4.79 Å². The SMILES string of the molecule is COc1cc(C)c(C)cc1-c1ccc(C#N)c(=O)[nH]1. The van der Waals surface area contributed by atoms with Crippen LogP contribution in [0.15, 0.2) is 29.1 Å². The Labute approximate surface area is 111 Å². The fraction of sp³-hybridized carbons (Fsp3) is 0.200. The molecule has 4 nitrogen and oxygen atoms in total. The smallest absolute Gasteiger partial charge is 0.266 e. The quantitative estimate of drug-likeness (QED) is 0.895. The van der Waals surface area contributed by atoms with Crippen LogP contribution in [0.4, 0.5) is 0 Å². The summed E-state index contributed by atoms with van der Waals surface area (Å²) in [4.78, 5) is 14.4. The largest absolute Gasteiger partial charge is 0.496 e. The van der Waals surface area contributed by atoms with Gasteiger partial charge < -0.3 is 9.72 Å². The first-order valence-electron chi connectivity index (χ1n) is 5.86. The average Bonchev–Trinajstić information content (AvgIpc) is 2.41. The van der Waals surface area contributed by atoms with E-state index < -0.39 is 0 Å². The van der Waals surface area contributed by atoms with Crippen LogP contribution in [0.5, 0.6) is 5.75 Å². The van der Waals surface area contributed by atoms with E-state index in [1.807, 2.05) is 32.0 Å². The van der Waals surface area contributed by atoms with Crippen LogP contribution in [-0.2, 0) is 0 Å². The first-order chi connectivity index (χ1) is 9.06. The Morgan fingerprint density at radius 1 is 1.21 bits per heavy atom. The van der Waals surface area contributed by atoms with E-state index in [0.29, 0.717) is 11.4 Å². The Balaban J connectivity index is 2.65. The number of aromatic nitrogens is 1. The maximum Gasteiger partial charge on any atom is 0.266 e. The lowest BCUT2D eigenvalue weighted by Gasteiger charge is -2.11. The maximum absolute atomic E-state index is 11.7. The van der Waals surface area contributed by atoms with Crippen LogP contribution in [0.1, 0.15) is 16.7 Å². The van der Waals surface area contributed by atoms with Crippen LogP contribution in [0.3, 0.4) is 0 Å². The second-order valence-corrected chi connectivity index (χ2v) is 4.36. The normalized spacial score (nSPS) is 10.0. The van der Waals surface area contributed by atoms with Crippen molar-refractivity contribution in [3.05, 3.63) is 51.3 Å². The first-order valence-corrected chi connectivity index (χ1v) is 5.86. The molecule has 0 unspecified atom stereocenters. The number of rotatable bonds is 2. The standard InChI is InChI=1S/C15H14N2O2/c1-9-6-12(14(19-3)7-10(9)2)13-5-4-11(8-16)15(18)17-13/h4-7H,1-3H3,(H,17,18). The van der Waals surface area contributed by atoms with Gasteiger partial charge in [-0.05, 0) is 49.2 Å². The van der Waals surface area contributed by atoms with Crippen molar-refractivity contribution >= 4 is 0 Å². The predicted octanol–water partition coefficient (Wildman–Crippen LogP) is 2.54. The molecule has 0 saturated carbocycles. The molecule has 0 saturated heterocycles. The lowest BCUT2D eigenvalue weighted by atomic mass is 10.0.